The van der Waals surface area contributed by atoms with E-state index in [2.05, 4.69) is 55.2 Å². The Morgan fingerprint density at radius 1 is 1.12 bits per heavy atom. The van der Waals surface area contributed by atoms with Crippen molar-refractivity contribution in [2.75, 3.05) is 0 Å². The lowest BCUT2D eigenvalue weighted by molar-refractivity contribution is 0.354. The molecule has 0 unspecified atom stereocenters. The number of hydrogen-bond donors (Lipinski definition) is 0. The molecule has 4 nitrogen and oxygen atoms in total. The zero-order chi connectivity index (χ0) is 18.6. The van der Waals surface area contributed by atoms with Gasteiger partial charge >= 0.3 is 0 Å². The molecule has 0 saturated carbocycles. The third-order valence-corrected chi connectivity index (χ3v) is 4.44. The summed E-state index contributed by atoms with van der Waals surface area (Å²) in [5.74, 6) is 0. The average molecular weight is 340 g/mol. The SMILES string of the molecule is CC1(C)CC(/C=C/c2ccc(-n3ccnc3)cc2)=CC(=C(C#N)C#N)C1. The van der Waals surface area contributed by atoms with Crippen LogP contribution in [-0.2, 0) is 0 Å². The number of hydrogen-bond acceptors (Lipinski definition) is 3. The summed E-state index contributed by atoms with van der Waals surface area (Å²) in [5.41, 5.74) is 4.39. The fourth-order valence-corrected chi connectivity index (χ4v) is 3.27. The minimum atomic E-state index is 0.0357. The lowest BCUT2D eigenvalue weighted by Gasteiger charge is -2.30. The van der Waals surface area contributed by atoms with Crippen LogP contribution in [0.1, 0.15) is 32.3 Å². The van der Waals surface area contributed by atoms with E-state index < -0.39 is 0 Å². The maximum Gasteiger partial charge on any atom is 0.132 e. The first-order valence-corrected chi connectivity index (χ1v) is 8.51. The van der Waals surface area contributed by atoms with Crippen molar-refractivity contribution in [2.24, 2.45) is 5.41 Å². The molecule has 1 aliphatic rings. The van der Waals surface area contributed by atoms with Gasteiger partial charge in [-0.3, -0.25) is 0 Å². The lowest BCUT2D eigenvalue weighted by Crippen LogP contribution is -2.17. The number of allylic oxidation sites excluding steroid dienone is 5. The van der Waals surface area contributed by atoms with Crippen molar-refractivity contribution in [3.05, 3.63) is 77.4 Å². The standard InChI is InChI=1S/C22H20N4/c1-22(2)12-18(11-19(13-22)20(14-23)15-24)4-3-17-5-7-21(8-6-17)26-10-9-25-16-26/h3-11,16H,12-13H2,1-2H3/b4-3+. The highest BCUT2D eigenvalue weighted by molar-refractivity contribution is 5.57. The Morgan fingerprint density at radius 3 is 2.46 bits per heavy atom. The van der Waals surface area contributed by atoms with Crippen molar-refractivity contribution in [3.8, 4) is 17.8 Å². The second-order valence-electron chi connectivity index (χ2n) is 7.26. The van der Waals surface area contributed by atoms with Gasteiger partial charge in [0.25, 0.3) is 0 Å². The van der Waals surface area contributed by atoms with Crippen LogP contribution in [0.5, 0.6) is 0 Å². The third kappa shape index (κ3) is 3.99. The van der Waals surface area contributed by atoms with Crippen LogP contribution in [0.3, 0.4) is 0 Å². The van der Waals surface area contributed by atoms with Crippen LogP contribution >= 0.6 is 0 Å². The molecule has 1 aromatic heterocycles. The van der Waals surface area contributed by atoms with Gasteiger partial charge in [0.1, 0.15) is 17.7 Å². The molecule has 1 heterocycles. The van der Waals surface area contributed by atoms with E-state index in [1.807, 2.05) is 29.0 Å². The molecule has 0 saturated heterocycles. The van der Waals surface area contributed by atoms with Crippen LogP contribution in [0.25, 0.3) is 11.8 Å². The fourth-order valence-electron chi connectivity index (χ4n) is 3.27. The zero-order valence-electron chi connectivity index (χ0n) is 15.0. The molecule has 1 aliphatic carbocycles. The molecular formula is C22H20N4. The van der Waals surface area contributed by atoms with Crippen LogP contribution in [-0.4, -0.2) is 9.55 Å². The molecule has 0 N–H and O–H groups in total. The number of rotatable bonds is 3. The highest BCUT2D eigenvalue weighted by Crippen LogP contribution is 2.39. The summed E-state index contributed by atoms with van der Waals surface area (Å²) in [6.07, 6.45) is 13.3. The molecule has 1 aromatic carbocycles. The fraction of sp³-hybridized carbons (Fsp3) is 0.227. The van der Waals surface area contributed by atoms with Crippen LogP contribution < -0.4 is 0 Å². The van der Waals surface area contributed by atoms with Gasteiger partial charge < -0.3 is 4.57 Å². The highest BCUT2D eigenvalue weighted by Gasteiger charge is 2.26. The molecule has 0 aliphatic heterocycles. The van der Waals surface area contributed by atoms with Gasteiger partial charge in [-0.15, -0.1) is 0 Å². The molecule has 0 radical (unpaired) electrons. The molecule has 0 bridgehead atoms. The van der Waals surface area contributed by atoms with E-state index in [9.17, 15) is 0 Å². The van der Waals surface area contributed by atoms with Gasteiger partial charge in [-0.1, -0.05) is 44.2 Å². The zero-order valence-corrected chi connectivity index (χ0v) is 15.0. The number of nitrogens with zero attached hydrogens (tertiary/aromatic N) is 4. The topological polar surface area (TPSA) is 65.4 Å². The Hall–Kier alpha value is -3.37. The maximum atomic E-state index is 9.16. The van der Waals surface area contributed by atoms with Crippen molar-refractivity contribution in [2.45, 2.75) is 26.7 Å². The highest BCUT2D eigenvalue weighted by atomic mass is 15.0. The Kier molecular flexibility index (Phi) is 4.87. The van der Waals surface area contributed by atoms with Gasteiger partial charge in [0.2, 0.25) is 0 Å². The molecule has 4 heteroatoms. The van der Waals surface area contributed by atoms with Crippen LogP contribution in [0.2, 0.25) is 0 Å². The minimum Gasteiger partial charge on any atom is -0.306 e. The molecule has 0 fully saturated rings. The van der Waals surface area contributed by atoms with Gasteiger partial charge in [0.15, 0.2) is 0 Å². The van der Waals surface area contributed by atoms with Gasteiger partial charge in [0.05, 0.1) is 6.33 Å². The lowest BCUT2D eigenvalue weighted by atomic mass is 9.74. The van der Waals surface area contributed by atoms with E-state index in [1.54, 1.807) is 12.5 Å². The molecule has 3 rings (SSSR count). The number of aromatic nitrogens is 2. The molecule has 0 spiro atoms. The monoisotopic (exact) mass is 340 g/mol. The largest absolute Gasteiger partial charge is 0.306 e. The van der Waals surface area contributed by atoms with Gasteiger partial charge in [-0.05, 0) is 47.1 Å². The van der Waals surface area contributed by atoms with E-state index in [-0.39, 0.29) is 11.0 Å². The summed E-state index contributed by atoms with van der Waals surface area (Å²) in [6, 6.07) is 12.3. The first kappa shape index (κ1) is 17.5. The summed E-state index contributed by atoms with van der Waals surface area (Å²) in [7, 11) is 0. The number of nitriles is 2. The number of imidazole rings is 1. The molecule has 128 valence electrons. The normalized spacial score (nSPS) is 16.0. The maximum absolute atomic E-state index is 9.16. The number of benzene rings is 1. The second kappa shape index (κ2) is 7.25. The van der Waals surface area contributed by atoms with E-state index in [1.165, 1.54) is 0 Å². The Balaban J connectivity index is 1.84. The predicted molar refractivity (Wildman–Crippen MR) is 102 cm³/mol. The molecular weight excluding hydrogens is 320 g/mol. The van der Waals surface area contributed by atoms with Crippen molar-refractivity contribution in [3.63, 3.8) is 0 Å². The Morgan fingerprint density at radius 2 is 1.85 bits per heavy atom. The molecule has 0 amide bonds. The first-order valence-electron chi connectivity index (χ1n) is 8.51. The van der Waals surface area contributed by atoms with E-state index in [4.69, 9.17) is 10.5 Å². The second-order valence-corrected chi connectivity index (χ2v) is 7.26. The summed E-state index contributed by atoms with van der Waals surface area (Å²) in [6.45, 7) is 4.33. The predicted octanol–water partition coefficient (Wildman–Crippen LogP) is 4.98. The van der Waals surface area contributed by atoms with Crippen LogP contribution in [0.15, 0.2) is 71.9 Å². The Bertz CT molecular complexity index is 941. The minimum absolute atomic E-state index is 0.0357. The summed E-state index contributed by atoms with van der Waals surface area (Å²) in [5, 5.41) is 18.3. The van der Waals surface area contributed by atoms with Crippen molar-refractivity contribution >= 4 is 6.08 Å². The average Bonchev–Trinajstić information content (AvgIpc) is 3.15. The van der Waals surface area contributed by atoms with E-state index in [0.29, 0.717) is 0 Å². The molecule has 2 aromatic rings. The van der Waals surface area contributed by atoms with E-state index >= 15 is 0 Å². The quantitative estimate of drug-likeness (QED) is 0.740. The molecule has 26 heavy (non-hydrogen) atoms. The van der Waals surface area contributed by atoms with Crippen molar-refractivity contribution < 1.29 is 0 Å². The van der Waals surface area contributed by atoms with Crippen molar-refractivity contribution in [1.82, 2.24) is 9.55 Å². The summed E-state index contributed by atoms with van der Waals surface area (Å²) >= 11 is 0. The summed E-state index contributed by atoms with van der Waals surface area (Å²) < 4.78 is 1.96. The molecule has 0 atom stereocenters. The van der Waals surface area contributed by atoms with Crippen LogP contribution in [0, 0.1) is 28.1 Å². The van der Waals surface area contributed by atoms with Gasteiger partial charge in [-0.25, -0.2) is 4.98 Å². The first-order chi connectivity index (χ1) is 12.5. The van der Waals surface area contributed by atoms with Crippen LogP contribution in [0.4, 0.5) is 0 Å². The van der Waals surface area contributed by atoms with E-state index in [0.717, 1.165) is 35.2 Å². The van der Waals surface area contributed by atoms with Gasteiger partial charge in [0, 0.05) is 18.1 Å². The Labute approximate surface area is 154 Å². The van der Waals surface area contributed by atoms with Crippen molar-refractivity contribution in [1.29, 1.82) is 10.5 Å². The summed E-state index contributed by atoms with van der Waals surface area (Å²) in [4.78, 5) is 4.06. The van der Waals surface area contributed by atoms with Gasteiger partial charge in [-0.2, -0.15) is 10.5 Å². The third-order valence-electron chi connectivity index (χ3n) is 4.44. The smallest absolute Gasteiger partial charge is 0.132 e.